The van der Waals surface area contributed by atoms with Crippen LogP contribution in [0.5, 0.6) is 0 Å². The highest BCUT2D eigenvalue weighted by atomic mass is 79.9. The molecule has 1 aromatic rings. The molecule has 0 saturated heterocycles. The molecule has 1 atom stereocenters. The molecule has 1 aromatic carbocycles. The number of benzene rings is 1. The van der Waals surface area contributed by atoms with Crippen molar-refractivity contribution in [3.63, 3.8) is 0 Å². The molecule has 0 amide bonds. The normalized spacial score (nSPS) is 16.8. The third kappa shape index (κ3) is 4.56. The Morgan fingerprint density at radius 3 is 2.74 bits per heavy atom. The third-order valence-electron chi connectivity index (χ3n) is 3.68. The minimum Gasteiger partial charge on any atom is -0.383 e. The Morgan fingerprint density at radius 1 is 1.37 bits per heavy atom. The first kappa shape index (κ1) is 15.0. The van der Waals surface area contributed by atoms with Crippen molar-refractivity contribution >= 4 is 15.9 Å². The summed E-state index contributed by atoms with van der Waals surface area (Å²) in [6.07, 6.45) is 3.64. The highest BCUT2D eigenvalue weighted by Crippen LogP contribution is 2.28. The topological polar surface area (TPSA) is 38.5 Å². The number of ether oxygens (including phenoxy) is 1. The lowest BCUT2D eigenvalue weighted by Crippen LogP contribution is -2.32. The van der Waals surface area contributed by atoms with Crippen LogP contribution in [0.3, 0.4) is 0 Å². The largest absolute Gasteiger partial charge is 0.383 e. The Bertz CT molecular complexity index is 395. The predicted molar refractivity (Wildman–Crippen MR) is 82.2 cm³/mol. The van der Waals surface area contributed by atoms with Gasteiger partial charge in [-0.2, -0.15) is 0 Å². The number of hydrogen-bond donors (Lipinski definition) is 1. The number of methoxy groups -OCH3 is 1. The molecule has 0 aromatic heterocycles. The summed E-state index contributed by atoms with van der Waals surface area (Å²) in [5.41, 5.74) is 7.50. The van der Waals surface area contributed by atoms with E-state index < -0.39 is 0 Å². The maximum Gasteiger partial charge on any atom is 0.0589 e. The first-order chi connectivity index (χ1) is 9.22. The highest BCUT2D eigenvalue weighted by Gasteiger charge is 2.28. The smallest absolute Gasteiger partial charge is 0.0589 e. The quantitative estimate of drug-likeness (QED) is 0.798. The summed E-state index contributed by atoms with van der Waals surface area (Å²) < 4.78 is 6.29. The highest BCUT2D eigenvalue weighted by molar-refractivity contribution is 9.10. The Hall–Kier alpha value is -0.420. The fourth-order valence-electron chi connectivity index (χ4n) is 2.36. The predicted octanol–water partition coefficient (Wildman–Crippen LogP) is 2.95. The molecule has 0 spiro atoms. The van der Waals surface area contributed by atoms with Crippen LogP contribution < -0.4 is 5.73 Å². The van der Waals surface area contributed by atoms with Crippen LogP contribution in [0.4, 0.5) is 0 Å². The van der Waals surface area contributed by atoms with Gasteiger partial charge in [0.25, 0.3) is 0 Å². The van der Waals surface area contributed by atoms with Crippen molar-refractivity contribution in [2.24, 2.45) is 5.73 Å². The second-order valence-corrected chi connectivity index (χ2v) is 6.03. The van der Waals surface area contributed by atoms with Gasteiger partial charge in [0.15, 0.2) is 0 Å². The minimum absolute atomic E-state index is 0.0966. The lowest BCUT2D eigenvalue weighted by Gasteiger charge is -2.23. The van der Waals surface area contributed by atoms with Gasteiger partial charge in [-0.25, -0.2) is 0 Å². The van der Waals surface area contributed by atoms with Crippen LogP contribution in [-0.2, 0) is 4.74 Å². The van der Waals surface area contributed by atoms with Gasteiger partial charge >= 0.3 is 0 Å². The number of halogens is 1. The van der Waals surface area contributed by atoms with Gasteiger partial charge in [-0.05, 0) is 30.9 Å². The maximum absolute atomic E-state index is 6.31. The van der Waals surface area contributed by atoms with Crippen molar-refractivity contribution in [3.05, 3.63) is 34.3 Å². The number of nitrogens with zero attached hydrogens (tertiary/aromatic N) is 1. The second-order valence-electron chi connectivity index (χ2n) is 5.18. The summed E-state index contributed by atoms with van der Waals surface area (Å²) in [6.45, 7) is 2.88. The van der Waals surface area contributed by atoms with E-state index in [4.69, 9.17) is 10.5 Å². The van der Waals surface area contributed by atoms with Crippen molar-refractivity contribution in [1.29, 1.82) is 0 Å². The molecule has 106 valence electrons. The Kier molecular flexibility index (Phi) is 5.82. The molecule has 0 heterocycles. The summed E-state index contributed by atoms with van der Waals surface area (Å²) in [5, 5.41) is 0. The molecule has 1 aliphatic rings. The molecule has 19 heavy (non-hydrogen) atoms. The lowest BCUT2D eigenvalue weighted by molar-refractivity contribution is 0.141. The monoisotopic (exact) mass is 326 g/mol. The van der Waals surface area contributed by atoms with Gasteiger partial charge in [0.2, 0.25) is 0 Å². The molecule has 1 aliphatic carbocycles. The Morgan fingerprint density at radius 2 is 2.11 bits per heavy atom. The van der Waals surface area contributed by atoms with E-state index in [9.17, 15) is 0 Å². The van der Waals surface area contributed by atoms with E-state index in [2.05, 4.69) is 33.0 Å². The van der Waals surface area contributed by atoms with E-state index in [1.54, 1.807) is 7.11 Å². The van der Waals surface area contributed by atoms with Gasteiger partial charge in [0.1, 0.15) is 0 Å². The van der Waals surface area contributed by atoms with E-state index in [1.807, 2.05) is 12.1 Å². The van der Waals surface area contributed by atoms with Crippen LogP contribution in [0.2, 0.25) is 0 Å². The van der Waals surface area contributed by atoms with Gasteiger partial charge in [0.05, 0.1) is 6.61 Å². The third-order valence-corrected chi connectivity index (χ3v) is 4.40. The van der Waals surface area contributed by atoms with Gasteiger partial charge in [0, 0.05) is 36.8 Å². The number of rotatable bonds is 8. The van der Waals surface area contributed by atoms with Crippen molar-refractivity contribution in [3.8, 4) is 0 Å². The molecule has 0 aliphatic heterocycles. The molecule has 0 bridgehead atoms. The maximum atomic E-state index is 6.31. The van der Waals surface area contributed by atoms with Crippen LogP contribution in [-0.4, -0.2) is 37.7 Å². The zero-order valence-corrected chi connectivity index (χ0v) is 13.1. The average molecular weight is 327 g/mol. The van der Waals surface area contributed by atoms with E-state index in [-0.39, 0.29) is 6.04 Å². The van der Waals surface area contributed by atoms with Gasteiger partial charge in [-0.15, -0.1) is 0 Å². The zero-order valence-electron chi connectivity index (χ0n) is 11.5. The molecule has 1 unspecified atom stereocenters. The first-order valence-electron chi connectivity index (χ1n) is 6.95. The summed E-state index contributed by atoms with van der Waals surface area (Å²) in [7, 11) is 1.76. The van der Waals surface area contributed by atoms with Crippen LogP contribution in [0.1, 0.15) is 30.9 Å². The summed E-state index contributed by atoms with van der Waals surface area (Å²) >= 11 is 3.57. The van der Waals surface area contributed by atoms with Crippen molar-refractivity contribution in [2.75, 3.05) is 26.8 Å². The number of hydrogen-bond acceptors (Lipinski definition) is 3. The first-order valence-corrected chi connectivity index (χ1v) is 7.74. The van der Waals surface area contributed by atoms with Crippen LogP contribution in [0, 0.1) is 0 Å². The average Bonchev–Trinajstić information content (AvgIpc) is 3.23. The van der Waals surface area contributed by atoms with Gasteiger partial charge < -0.3 is 10.5 Å². The Labute approximate surface area is 124 Å². The van der Waals surface area contributed by atoms with Crippen molar-refractivity contribution in [1.82, 2.24) is 4.90 Å². The molecule has 3 nitrogen and oxygen atoms in total. The molecular weight excluding hydrogens is 304 g/mol. The Balaban J connectivity index is 1.84. The van der Waals surface area contributed by atoms with E-state index in [1.165, 1.54) is 18.4 Å². The summed E-state index contributed by atoms with van der Waals surface area (Å²) in [4.78, 5) is 2.51. The van der Waals surface area contributed by atoms with Crippen molar-refractivity contribution in [2.45, 2.75) is 31.3 Å². The molecule has 0 radical (unpaired) electrons. The summed E-state index contributed by atoms with van der Waals surface area (Å²) in [5.74, 6) is 0. The second kappa shape index (κ2) is 7.39. The standard InChI is InChI=1S/C15H23BrN2O/c1-19-11-10-18(12-6-7-12)9-8-15(17)13-4-2-3-5-14(13)16/h2-5,12,15H,6-11,17H2,1H3. The molecule has 2 N–H and O–H groups in total. The van der Waals surface area contributed by atoms with Gasteiger partial charge in [-0.1, -0.05) is 34.1 Å². The molecule has 1 fully saturated rings. The van der Waals surface area contributed by atoms with Gasteiger partial charge in [-0.3, -0.25) is 4.90 Å². The molecule has 1 saturated carbocycles. The van der Waals surface area contributed by atoms with E-state index >= 15 is 0 Å². The van der Waals surface area contributed by atoms with Crippen LogP contribution in [0.15, 0.2) is 28.7 Å². The fourth-order valence-corrected chi connectivity index (χ4v) is 2.94. The van der Waals surface area contributed by atoms with Crippen LogP contribution in [0.25, 0.3) is 0 Å². The molecular formula is C15H23BrN2O. The fraction of sp³-hybridized carbons (Fsp3) is 0.600. The minimum atomic E-state index is 0.0966. The lowest BCUT2D eigenvalue weighted by atomic mass is 10.0. The van der Waals surface area contributed by atoms with Crippen LogP contribution >= 0.6 is 15.9 Å². The summed E-state index contributed by atoms with van der Waals surface area (Å²) in [6, 6.07) is 9.09. The molecule has 4 heteroatoms. The van der Waals surface area contributed by atoms with Crippen molar-refractivity contribution < 1.29 is 4.74 Å². The molecule has 2 rings (SSSR count). The van der Waals surface area contributed by atoms with E-state index in [0.717, 1.165) is 36.6 Å². The van der Waals surface area contributed by atoms with E-state index in [0.29, 0.717) is 0 Å². The zero-order chi connectivity index (χ0) is 13.7. The number of nitrogens with two attached hydrogens (primary N) is 1. The SMILES string of the molecule is COCCN(CCC(N)c1ccccc1Br)C1CC1.